The molecule has 1 atom stereocenters. The molecule has 1 fully saturated rings. The van der Waals surface area contributed by atoms with E-state index in [9.17, 15) is 14.4 Å². The van der Waals surface area contributed by atoms with Crippen molar-refractivity contribution in [1.29, 1.82) is 0 Å². The zero-order valence-electron chi connectivity index (χ0n) is 12.9. The number of nitrogens with zero attached hydrogens (tertiary/aromatic N) is 1. The molecule has 0 aliphatic carbocycles. The van der Waals surface area contributed by atoms with Crippen LogP contribution in [0, 0.1) is 0 Å². The molecule has 1 unspecified atom stereocenters. The number of likely N-dealkylation sites (tertiary alicyclic amines) is 1. The predicted molar refractivity (Wildman–Crippen MR) is 77.7 cm³/mol. The van der Waals surface area contributed by atoms with E-state index in [1.54, 1.807) is 7.05 Å². The molecule has 2 rings (SSSR count). The number of amides is 1. The van der Waals surface area contributed by atoms with Crippen molar-refractivity contribution in [3.8, 4) is 0 Å². The van der Waals surface area contributed by atoms with Crippen LogP contribution < -0.4 is 0 Å². The van der Waals surface area contributed by atoms with Crippen LogP contribution in [0.3, 0.4) is 0 Å². The second-order valence-corrected chi connectivity index (χ2v) is 5.33. The Hall–Kier alpha value is -2.37. The van der Waals surface area contributed by atoms with Crippen LogP contribution in [0.15, 0.2) is 30.3 Å². The number of rotatable bonds is 3. The van der Waals surface area contributed by atoms with Gasteiger partial charge in [-0.3, -0.25) is 14.4 Å². The smallest absolute Gasteiger partial charge is 0.343 e. The van der Waals surface area contributed by atoms with E-state index in [-0.39, 0.29) is 0 Å². The molecule has 6 nitrogen and oxygen atoms in total. The van der Waals surface area contributed by atoms with Crippen molar-refractivity contribution in [3.05, 3.63) is 35.9 Å². The van der Waals surface area contributed by atoms with Crippen LogP contribution in [0.25, 0.3) is 0 Å². The second-order valence-electron chi connectivity index (χ2n) is 5.33. The van der Waals surface area contributed by atoms with Gasteiger partial charge in [-0.05, 0) is 12.0 Å². The van der Waals surface area contributed by atoms with Gasteiger partial charge in [0, 0.05) is 27.4 Å². The van der Waals surface area contributed by atoms with Crippen molar-refractivity contribution >= 4 is 17.8 Å². The van der Waals surface area contributed by atoms with E-state index in [4.69, 9.17) is 9.47 Å². The summed E-state index contributed by atoms with van der Waals surface area (Å²) in [6.07, 6.45) is 0.521. The Kier molecular flexibility index (Phi) is 4.49. The first kappa shape index (κ1) is 16.0. The van der Waals surface area contributed by atoms with Gasteiger partial charge in [0.1, 0.15) is 0 Å². The summed E-state index contributed by atoms with van der Waals surface area (Å²) in [6.45, 7) is 2.87. The van der Waals surface area contributed by atoms with Crippen molar-refractivity contribution in [1.82, 2.24) is 4.90 Å². The highest BCUT2D eigenvalue weighted by Crippen LogP contribution is 2.40. The number of carbonyl (C=O) groups excluding carboxylic acids is 3. The summed E-state index contributed by atoms with van der Waals surface area (Å²) in [4.78, 5) is 37.2. The summed E-state index contributed by atoms with van der Waals surface area (Å²) < 4.78 is 10.5. The molecule has 0 spiro atoms. The second kappa shape index (κ2) is 6.17. The van der Waals surface area contributed by atoms with Gasteiger partial charge < -0.3 is 14.4 Å². The monoisotopic (exact) mass is 305 g/mol. The average molecular weight is 305 g/mol. The van der Waals surface area contributed by atoms with Gasteiger partial charge in [0.25, 0.3) is 0 Å². The first-order valence-corrected chi connectivity index (χ1v) is 7.06. The Balaban J connectivity index is 2.54. The quantitative estimate of drug-likeness (QED) is 0.624. The normalized spacial score (nSPS) is 20.4. The minimum Gasteiger partial charge on any atom is -0.413 e. The van der Waals surface area contributed by atoms with Crippen molar-refractivity contribution in [2.45, 2.75) is 32.0 Å². The highest BCUT2D eigenvalue weighted by atomic mass is 16.7. The number of esters is 2. The lowest BCUT2D eigenvalue weighted by Gasteiger charge is -2.43. The molecule has 0 aromatic heterocycles. The zero-order chi connectivity index (χ0) is 16.3. The van der Waals surface area contributed by atoms with E-state index >= 15 is 0 Å². The summed E-state index contributed by atoms with van der Waals surface area (Å²) >= 11 is 0. The Morgan fingerprint density at radius 2 is 1.68 bits per heavy atom. The summed E-state index contributed by atoms with van der Waals surface area (Å²) in [6, 6.07) is 9.14. The molecule has 1 aliphatic rings. The van der Waals surface area contributed by atoms with Gasteiger partial charge in [-0.15, -0.1) is 0 Å². The molecule has 1 heterocycles. The number of likely N-dealkylation sites (N-methyl/N-ethyl adjacent to an activating group) is 1. The van der Waals surface area contributed by atoms with E-state index < -0.39 is 29.6 Å². The fourth-order valence-corrected chi connectivity index (χ4v) is 2.78. The average Bonchev–Trinajstić information content (AvgIpc) is 2.44. The molecular weight excluding hydrogens is 286 g/mol. The zero-order valence-corrected chi connectivity index (χ0v) is 12.9. The van der Waals surface area contributed by atoms with Gasteiger partial charge in [-0.25, -0.2) is 0 Å². The molecule has 0 N–H and O–H groups in total. The maximum Gasteiger partial charge on any atom is 0.343 e. The number of hydrogen-bond donors (Lipinski definition) is 0. The Labute approximate surface area is 129 Å². The van der Waals surface area contributed by atoms with Crippen molar-refractivity contribution in [2.75, 3.05) is 13.6 Å². The number of piperidine rings is 1. The van der Waals surface area contributed by atoms with Crippen LogP contribution in [-0.4, -0.2) is 42.1 Å². The van der Waals surface area contributed by atoms with Crippen LogP contribution in [0.5, 0.6) is 0 Å². The molecule has 0 bridgehead atoms. The van der Waals surface area contributed by atoms with Gasteiger partial charge in [-0.1, -0.05) is 30.3 Å². The van der Waals surface area contributed by atoms with Gasteiger partial charge in [0.2, 0.25) is 0 Å². The van der Waals surface area contributed by atoms with Crippen LogP contribution in [0.2, 0.25) is 0 Å². The van der Waals surface area contributed by atoms with E-state index in [2.05, 4.69) is 0 Å². The standard InChI is InChI=1S/C16H19NO5/c1-11(18)21-16(22-12(2)19)14(9-10-17(3)15(16)20)13-7-5-4-6-8-13/h4-8,14H,9-10H2,1-3H3. The third-order valence-corrected chi connectivity index (χ3v) is 3.65. The lowest BCUT2D eigenvalue weighted by atomic mass is 9.83. The fraction of sp³-hybridized carbons (Fsp3) is 0.438. The van der Waals surface area contributed by atoms with Crippen LogP contribution in [-0.2, 0) is 23.9 Å². The number of hydrogen-bond acceptors (Lipinski definition) is 5. The molecule has 22 heavy (non-hydrogen) atoms. The number of ether oxygens (including phenoxy) is 2. The highest BCUT2D eigenvalue weighted by molar-refractivity contribution is 5.90. The summed E-state index contributed by atoms with van der Waals surface area (Å²) in [5.74, 6) is -4.36. The molecule has 1 aromatic carbocycles. The molecular formula is C16H19NO5. The Morgan fingerprint density at radius 1 is 1.14 bits per heavy atom. The molecule has 118 valence electrons. The fourth-order valence-electron chi connectivity index (χ4n) is 2.78. The SMILES string of the molecule is CC(=O)OC1(OC(C)=O)C(=O)N(C)CCC1c1ccccc1. The van der Waals surface area contributed by atoms with E-state index in [0.717, 1.165) is 5.56 Å². The molecule has 1 saturated heterocycles. The van der Waals surface area contributed by atoms with Crippen LogP contribution >= 0.6 is 0 Å². The Morgan fingerprint density at radius 3 is 2.18 bits per heavy atom. The maximum absolute atomic E-state index is 12.7. The third kappa shape index (κ3) is 2.95. The van der Waals surface area contributed by atoms with Crippen LogP contribution in [0.1, 0.15) is 31.7 Å². The van der Waals surface area contributed by atoms with Crippen LogP contribution in [0.4, 0.5) is 0 Å². The maximum atomic E-state index is 12.7. The molecule has 1 amide bonds. The lowest BCUT2D eigenvalue weighted by Crippen LogP contribution is -2.60. The van der Waals surface area contributed by atoms with Gasteiger partial charge in [0.15, 0.2) is 0 Å². The molecule has 1 aliphatic heterocycles. The van der Waals surface area contributed by atoms with Gasteiger partial charge >= 0.3 is 23.6 Å². The predicted octanol–water partition coefficient (Wildman–Crippen LogP) is 1.45. The molecule has 0 radical (unpaired) electrons. The minimum absolute atomic E-state index is 0.489. The first-order chi connectivity index (χ1) is 10.4. The summed E-state index contributed by atoms with van der Waals surface area (Å²) in [7, 11) is 1.59. The van der Waals surface area contributed by atoms with Crippen molar-refractivity contribution < 1.29 is 23.9 Å². The molecule has 0 saturated carbocycles. The van der Waals surface area contributed by atoms with Crippen molar-refractivity contribution in [3.63, 3.8) is 0 Å². The van der Waals surface area contributed by atoms with E-state index in [1.807, 2.05) is 30.3 Å². The summed E-state index contributed by atoms with van der Waals surface area (Å²) in [5, 5.41) is 0. The highest BCUT2D eigenvalue weighted by Gasteiger charge is 2.57. The molecule has 1 aromatic rings. The minimum atomic E-state index is -1.94. The Bertz CT molecular complexity index is 567. The molecule has 6 heteroatoms. The van der Waals surface area contributed by atoms with E-state index in [1.165, 1.54) is 18.7 Å². The van der Waals surface area contributed by atoms with Gasteiger partial charge in [-0.2, -0.15) is 0 Å². The van der Waals surface area contributed by atoms with E-state index in [0.29, 0.717) is 13.0 Å². The number of benzene rings is 1. The van der Waals surface area contributed by atoms with Crippen molar-refractivity contribution in [2.24, 2.45) is 0 Å². The first-order valence-electron chi connectivity index (χ1n) is 7.06. The number of carbonyl (C=O) groups is 3. The third-order valence-electron chi connectivity index (χ3n) is 3.65. The lowest BCUT2D eigenvalue weighted by molar-refractivity contribution is -0.242. The largest absolute Gasteiger partial charge is 0.413 e. The topological polar surface area (TPSA) is 72.9 Å². The summed E-state index contributed by atoms with van der Waals surface area (Å²) in [5.41, 5.74) is 0.784. The van der Waals surface area contributed by atoms with Gasteiger partial charge in [0.05, 0.1) is 5.92 Å².